The summed E-state index contributed by atoms with van der Waals surface area (Å²) in [5.74, 6) is -1.51. The molecule has 0 saturated carbocycles. The SMILES string of the molecule is NS(=O)(=O)Cc1cccc(NC(=O)c2cc3cccc(F)c3o2)c1. The predicted molar refractivity (Wildman–Crippen MR) is 87.4 cm³/mol. The molecule has 24 heavy (non-hydrogen) atoms. The molecule has 0 unspecified atom stereocenters. The molecule has 6 nitrogen and oxygen atoms in total. The first-order valence-electron chi connectivity index (χ1n) is 6.91. The Bertz CT molecular complexity index is 1030. The summed E-state index contributed by atoms with van der Waals surface area (Å²) in [4.78, 5) is 12.2. The van der Waals surface area contributed by atoms with E-state index in [2.05, 4.69) is 5.32 Å². The van der Waals surface area contributed by atoms with Crippen molar-refractivity contribution >= 4 is 32.6 Å². The van der Waals surface area contributed by atoms with Crippen molar-refractivity contribution in [3.8, 4) is 0 Å². The van der Waals surface area contributed by atoms with Crippen molar-refractivity contribution in [3.63, 3.8) is 0 Å². The monoisotopic (exact) mass is 348 g/mol. The average Bonchev–Trinajstić information content (AvgIpc) is 2.91. The molecule has 0 atom stereocenters. The first-order chi connectivity index (χ1) is 11.3. The van der Waals surface area contributed by atoms with E-state index in [0.717, 1.165) is 0 Å². The minimum atomic E-state index is -3.67. The lowest BCUT2D eigenvalue weighted by Crippen LogP contribution is -2.15. The first kappa shape index (κ1) is 16.2. The standard InChI is InChI=1S/C16H13FN2O4S/c17-13-6-2-4-11-8-14(23-15(11)13)16(20)19-12-5-1-3-10(7-12)9-24(18,21)22/h1-8H,9H2,(H,19,20)(H2,18,21,22). The number of fused-ring (bicyclic) bond motifs is 1. The number of nitrogens with one attached hydrogen (secondary N) is 1. The highest BCUT2D eigenvalue weighted by molar-refractivity contribution is 7.88. The van der Waals surface area contributed by atoms with Gasteiger partial charge < -0.3 is 9.73 Å². The topological polar surface area (TPSA) is 102 Å². The van der Waals surface area contributed by atoms with Crippen LogP contribution in [0.4, 0.5) is 10.1 Å². The Morgan fingerprint density at radius 3 is 2.62 bits per heavy atom. The molecule has 0 aliphatic rings. The van der Waals surface area contributed by atoms with E-state index in [9.17, 15) is 17.6 Å². The Hall–Kier alpha value is -2.71. The fourth-order valence-corrected chi connectivity index (χ4v) is 2.95. The number of carbonyl (C=O) groups excluding carboxylic acids is 1. The van der Waals surface area contributed by atoms with E-state index in [1.54, 1.807) is 24.3 Å². The smallest absolute Gasteiger partial charge is 0.291 e. The zero-order valence-corrected chi connectivity index (χ0v) is 13.1. The molecule has 0 aliphatic carbocycles. The fraction of sp³-hybridized carbons (Fsp3) is 0.0625. The van der Waals surface area contributed by atoms with Crippen LogP contribution >= 0.6 is 0 Å². The second-order valence-corrected chi connectivity index (χ2v) is 6.84. The normalized spacial score (nSPS) is 11.6. The van der Waals surface area contributed by atoms with Crippen LogP contribution in [-0.4, -0.2) is 14.3 Å². The minimum Gasteiger partial charge on any atom is -0.448 e. The molecule has 0 saturated heterocycles. The molecule has 1 amide bonds. The first-order valence-corrected chi connectivity index (χ1v) is 8.62. The highest BCUT2D eigenvalue weighted by atomic mass is 32.2. The van der Waals surface area contributed by atoms with E-state index >= 15 is 0 Å². The summed E-state index contributed by atoms with van der Waals surface area (Å²) in [6, 6.07) is 12.1. The van der Waals surface area contributed by atoms with Gasteiger partial charge in [0.05, 0.1) is 5.75 Å². The van der Waals surface area contributed by atoms with Crippen LogP contribution in [0.5, 0.6) is 0 Å². The number of rotatable bonds is 4. The number of nitrogens with two attached hydrogens (primary N) is 1. The third-order valence-corrected chi connectivity index (χ3v) is 4.01. The van der Waals surface area contributed by atoms with Gasteiger partial charge in [-0.1, -0.05) is 24.3 Å². The van der Waals surface area contributed by atoms with Gasteiger partial charge in [0, 0.05) is 11.1 Å². The van der Waals surface area contributed by atoms with Crippen LogP contribution in [0, 0.1) is 5.82 Å². The molecule has 3 N–H and O–H groups in total. The second-order valence-electron chi connectivity index (χ2n) is 5.23. The van der Waals surface area contributed by atoms with E-state index in [1.165, 1.54) is 24.3 Å². The van der Waals surface area contributed by atoms with Crippen molar-refractivity contribution in [3.05, 3.63) is 65.7 Å². The maximum absolute atomic E-state index is 13.6. The molecule has 2 aromatic carbocycles. The zero-order chi connectivity index (χ0) is 17.3. The molecule has 8 heteroatoms. The number of benzene rings is 2. The molecule has 124 valence electrons. The third kappa shape index (κ3) is 3.61. The van der Waals surface area contributed by atoms with Crippen molar-refractivity contribution < 1.29 is 22.0 Å². The van der Waals surface area contributed by atoms with Crippen LogP contribution in [0.1, 0.15) is 16.1 Å². The summed E-state index contributed by atoms with van der Waals surface area (Å²) < 4.78 is 41.1. The highest BCUT2D eigenvalue weighted by Crippen LogP contribution is 2.23. The average molecular weight is 348 g/mol. The minimum absolute atomic E-state index is 0.00521. The molecule has 3 rings (SSSR count). The number of hydrogen-bond donors (Lipinski definition) is 2. The fourth-order valence-electron chi connectivity index (χ4n) is 2.30. The van der Waals surface area contributed by atoms with Crippen LogP contribution in [0.25, 0.3) is 11.0 Å². The molecule has 3 aromatic rings. The highest BCUT2D eigenvalue weighted by Gasteiger charge is 2.15. The van der Waals surface area contributed by atoms with E-state index < -0.39 is 21.7 Å². The number of anilines is 1. The third-order valence-electron chi connectivity index (χ3n) is 3.27. The van der Waals surface area contributed by atoms with Crippen molar-refractivity contribution in [2.24, 2.45) is 5.14 Å². The van der Waals surface area contributed by atoms with Gasteiger partial charge in [-0.25, -0.2) is 17.9 Å². The number of carbonyl (C=O) groups is 1. The number of halogens is 1. The number of hydrogen-bond acceptors (Lipinski definition) is 4. The Morgan fingerprint density at radius 2 is 1.92 bits per heavy atom. The Kier molecular flexibility index (Phi) is 4.08. The van der Waals surface area contributed by atoms with Gasteiger partial charge in [0.15, 0.2) is 17.2 Å². The van der Waals surface area contributed by atoms with Gasteiger partial charge in [-0.2, -0.15) is 0 Å². The van der Waals surface area contributed by atoms with Gasteiger partial charge in [-0.3, -0.25) is 4.79 Å². The summed E-state index contributed by atoms with van der Waals surface area (Å²) in [5, 5.41) is 8.05. The molecule has 1 aromatic heterocycles. The quantitative estimate of drug-likeness (QED) is 0.756. The lowest BCUT2D eigenvalue weighted by Gasteiger charge is -2.05. The Labute approximate surface area is 137 Å². The van der Waals surface area contributed by atoms with Gasteiger partial charge in [-0.15, -0.1) is 0 Å². The maximum Gasteiger partial charge on any atom is 0.291 e. The van der Waals surface area contributed by atoms with Gasteiger partial charge >= 0.3 is 0 Å². The maximum atomic E-state index is 13.6. The second kappa shape index (κ2) is 6.06. The summed E-state index contributed by atoms with van der Waals surface area (Å²) in [5.41, 5.74) is 0.818. The van der Waals surface area contributed by atoms with Crippen molar-refractivity contribution in [2.75, 3.05) is 5.32 Å². The predicted octanol–water partition coefficient (Wildman–Crippen LogP) is 2.61. The van der Waals surface area contributed by atoms with Crippen LogP contribution in [0.3, 0.4) is 0 Å². The van der Waals surface area contributed by atoms with Crippen molar-refractivity contribution in [2.45, 2.75) is 5.75 Å². The summed E-state index contributed by atoms with van der Waals surface area (Å²) in [6.45, 7) is 0. The van der Waals surface area contributed by atoms with Crippen LogP contribution in [0.2, 0.25) is 0 Å². The molecule has 0 spiro atoms. The lowest BCUT2D eigenvalue weighted by molar-refractivity contribution is 0.0998. The van der Waals surface area contributed by atoms with Crippen LogP contribution < -0.4 is 10.5 Å². The zero-order valence-electron chi connectivity index (χ0n) is 12.3. The number of furan rings is 1. The molecule has 0 fully saturated rings. The number of para-hydroxylation sites is 1. The summed E-state index contributed by atoms with van der Waals surface area (Å²) in [6.07, 6.45) is 0. The van der Waals surface area contributed by atoms with E-state index in [1.807, 2.05) is 0 Å². The molecule has 0 radical (unpaired) electrons. The van der Waals surface area contributed by atoms with E-state index in [-0.39, 0.29) is 17.1 Å². The molecule has 0 aliphatic heterocycles. The van der Waals surface area contributed by atoms with E-state index in [0.29, 0.717) is 16.6 Å². The number of amides is 1. The lowest BCUT2D eigenvalue weighted by atomic mass is 10.2. The summed E-state index contributed by atoms with van der Waals surface area (Å²) >= 11 is 0. The Balaban J connectivity index is 1.83. The molecular weight excluding hydrogens is 335 g/mol. The van der Waals surface area contributed by atoms with Gasteiger partial charge in [0.1, 0.15) is 0 Å². The van der Waals surface area contributed by atoms with Gasteiger partial charge in [0.25, 0.3) is 5.91 Å². The summed E-state index contributed by atoms with van der Waals surface area (Å²) in [7, 11) is -3.67. The van der Waals surface area contributed by atoms with Gasteiger partial charge in [-0.05, 0) is 29.8 Å². The van der Waals surface area contributed by atoms with Crippen LogP contribution in [0.15, 0.2) is 52.9 Å². The molecule has 0 bridgehead atoms. The van der Waals surface area contributed by atoms with Crippen molar-refractivity contribution in [1.82, 2.24) is 0 Å². The number of primary sulfonamides is 1. The van der Waals surface area contributed by atoms with Crippen molar-refractivity contribution in [1.29, 1.82) is 0 Å². The largest absolute Gasteiger partial charge is 0.448 e. The Morgan fingerprint density at radius 1 is 1.17 bits per heavy atom. The van der Waals surface area contributed by atoms with Gasteiger partial charge in [0.2, 0.25) is 10.0 Å². The number of sulfonamides is 1. The van der Waals surface area contributed by atoms with E-state index in [4.69, 9.17) is 9.56 Å². The van der Waals surface area contributed by atoms with Crippen LogP contribution in [-0.2, 0) is 15.8 Å². The molecular formula is C16H13FN2O4S. The molecule has 1 heterocycles.